The van der Waals surface area contributed by atoms with Gasteiger partial charge in [0.1, 0.15) is 11.4 Å². The number of halogens is 1. The minimum atomic E-state index is -0.496. The predicted octanol–water partition coefficient (Wildman–Crippen LogP) is 8.00. The van der Waals surface area contributed by atoms with E-state index in [1.807, 2.05) is 54.8 Å². The molecule has 1 heterocycles. The first-order chi connectivity index (χ1) is 22.3. The molecule has 0 aliphatic carbocycles. The molecule has 8 nitrogen and oxygen atoms in total. The van der Waals surface area contributed by atoms with Crippen molar-refractivity contribution in [3.05, 3.63) is 130 Å². The average Bonchev–Trinajstić information content (AvgIpc) is 3.55. The first-order valence-corrected chi connectivity index (χ1v) is 16.2. The van der Waals surface area contributed by atoms with Crippen molar-refractivity contribution in [2.45, 2.75) is 17.1 Å². The second-order valence-electron chi connectivity index (χ2n) is 9.92. The number of nitrogens with zero attached hydrogens (tertiary/aromatic N) is 1. The fourth-order valence-electron chi connectivity index (χ4n) is 4.17. The summed E-state index contributed by atoms with van der Waals surface area (Å²) in [6.45, 7) is 1.82. The molecule has 11 heteroatoms. The van der Waals surface area contributed by atoms with E-state index in [4.69, 9.17) is 16.3 Å². The van der Waals surface area contributed by atoms with E-state index in [1.165, 1.54) is 23.1 Å². The number of thioether (sulfide) groups is 1. The SMILES string of the molecule is COc1ccc(-c2csc(NC(=O)C(C)Sc3ccc(NC(=O)/C(=C/c4ccc(Cl)cc4)NC(=O)c4ccccc4)cc3)n2)cc1. The van der Waals surface area contributed by atoms with Crippen LogP contribution < -0.4 is 20.7 Å². The molecule has 0 bridgehead atoms. The first kappa shape index (κ1) is 32.5. The molecule has 0 aliphatic rings. The van der Waals surface area contributed by atoms with Crippen molar-refractivity contribution in [2.75, 3.05) is 17.7 Å². The minimum Gasteiger partial charge on any atom is -0.497 e. The second kappa shape index (κ2) is 15.4. The molecule has 0 fully saturated rings. The van der Waals surface area contributed by atoms with Crippen LogP contribution in [-0.2, 0) is 9.59 Å². The van der Waals surface area contributed by atoms with E-state index in [9.17, 15) is 14.4 Å². The molecule has 0 saturated heterocycles. The van der Waals surface area contributed by atoms with Crippen molar-refractivity contribution in [3.63, 3.8) is 0 Å². The summed E-state index contributed by atoms with van der Waals surface area (Å²) in [6, 6.07) is 30.2. The number of aromatic nitrogens is 1. The van der Waals surface area contributed by atoms with Crippen LogP contribution in [-0.4, -0.2) is 35.1 Å². The Morgan fingerprint density at radius 1 is 0.891 bits per heavy atom. The molecule has 0 saturated carbocycles. The summed E-state index contributed by atoms with van der Waals surface area (Å²) in [5.74, 6) is -0.324. The Bertz CT molecular complexity index is 1840. The third-order valence-corrected chi connectivity index (χ3v) is 8.75. The molecule has 5 rings (SSSR count). The van der Waals surface area contributed by atoms with Gasteiger partial charge in [-0.2, -0.15) is 0 Å². The second-order valence-corrected chi connectivity index (χ2v) is 12.6. The zero-order valence-corrected chi connectivity index (χ0v) is 27.2. The van der Waals surface area contributed by atoms with E-state index in [1.54, 1.807) is 73.8 Å². The third-order valence-electron chi connectivity index (χ3n) is 6.62. The number of nitrogens with one attached hydrogen (secondary N) is 3. The molecule has 3 N–H and O–H groups in total. The smallest absolute Gasteiger partial charge is 0.272 e. The Morgan fingerprint density at radius 2 is 1.59 bits per heavy atom. The zero-order valence-electron chi connectivity index (χ0n) is 24.8. The maximum atomic E-state index is 13.3. The lowest BCUT2D eigenvalue weighted by molar-refractivity contribution is -0.115. The molecule has 1 aromatic heterocycles. The lowest BCUT2D eigenvalue weighted by Gasteiger charge is -2.13. The van der Waals surface area contributed by atoms with Crippen molar-refractivity contribution in [2.24, 2.45) is 0 Å². The van der Waals surface area contributed by atoms with Gasteiger partial charge in [-0.05, 0) is 91.4 Å². The number of amides is 3. The molecule has 0 spiro atoms. The lowest BCUT2D eigenvalue weighted by atomic mass is 10.1. The molecule has 46 heavy (non-hydrogen) atoms. The Hall–Kier alpha value is -4.90. The number of carbonyl (C=O) groups is 3. The van der Waals surface area contributed by atoms with Crippen LogP contribution in [0.1, 0.15) is 22.8 Å². The van der Waals surface area contributed by atoms with E-state index in [0.29, 0.717) is 27.0 Å². The van der Waals surface area contributed by atoms with Gasteiger partial charge in [0.25, 0.3) is 11.8 Å². The summed E-state index contributed by atoms with van der Waals surface area (Å²) in [5.41, 5.74) is 3.40. The first-order valence-electron chi connectivity index (χ1n) is 14.1. The van der Waals surface area contributed by atoms with Crippen LogP contribution in [0.5, 0.6) is 5.75 Å². The quantitative estimate of drug-likeness (QED) is 0.0972. The highest BCUT2D eigenvalue weighted by atomic mass is 35.5. The van der Waals surface area contributed by atoms with Gasteiger partial charge in [-0.25, -0.2) is 4.98 Å². The largest absolute Gasteiger partial charge is 0.497 e. The molecule has 0 aliphatic heterocycles. The number of ether oxygens (including phenoxy) is 1. The minimum absolute atomic E-state index is 0.0669. The van der Waals surface area contributed by atoms with Crippen molar-refractivity contribution in [1.82, 2.24) is 10.3 Å². The number of methoxy groups -OCH3 is 1. The summed E-state index contributed by atoms with van der Waals surface area (Å²) in [4.78, 5) is 44.5. The molecule has 4 aromatic carbocycles. The number of hydrogen-bond acceptors (Lipinski definition) is 7. The molecule has 1 unspecified atom stereocenters. The molecule has 5 aromatic rings. The van der Waals surface area contributed by atoms with Crippen molar-refractivity contribution >= 4 is 69.3 Å². The highest BCUT2D eigenvalue weighted by Gasteiger charge is 2.18. The predicted molar refractivity (Wildman–Crippen MR) is 186 cm³/mol. The lowest BCUT2D eigenvalue weighted by Crippen LogP contribution is -2.30. The van der Waals surface area contributed by atoms with Crippen molar-refractivity contribution in [3.8, 4) is 17.0 Å². The van der Waals surface area contributed by atoms with Crippen LogP contribution in [0.2, 0.25) is 5.02 Å². The number of carbonyl (C=O) groups excluding carboxylic acids is 3. The maximum absolute atomic E-state index is 13.3. The third kappa shape index (κ3) is 8.85. The highest BCUT2D eigenvalue weighted by Crippen LogP contribution is 2.29. The Kier molecular flexibility index (Phi) is 10.9. The van der Waals surface area contributed by atoms with Gasteiger partial charge >= 0.3 is 0 Å². The van der Waals surface area contributed by atoms with Crippen LogP contribution in [0.25, 0.3) is 17.3 Å². The van der Waals surface area contributed by atoms with Crippen LogP contribution in [0, 0.1) is 0 Å². The number of hydrogen-bond donors (Lipinski definition) is 3. The summed E-state index contributed by atoms with van der Waals surface area (Å²) in [7, 11) is 1.62. The van der Waals surface area contributed by atoms with Gasteiger partial charge in [-0.3, -0.25) is 14.4 Å². The fraction of sp³-hybridized carbons (Fsp3) is 0.0857. The number of anilines is 2. The normalized spacial score (nSPS) is 11.8. The van der Waals surface area contributed by atoms with E-state index >= 15 is 0 Å². The summed E-state index contributed by atoms with van der Waals surface area (Å²) < 4.78 is 5.21. The topological polar surface area (TPSA) is 109 Å². The highest BCUT2D eigenvalue weighted by molar-refractivity contribution is 8.00. The van der Waals surface area contributed by atoms with Gasteiger partial charge in [0.15, 0.2) is 5.13 Å². The van der Waals surface area contributed by atoms with Gasteiger partial charge < -0.3 is 20.7 Å². The van der Waals surface area contributed by atoms with Gasteiger partial charge in [-0.15, -0.1) is 23.1 Å². The summed E-state index contributed by atoms with van der Waals surface area (Å²) in [6.07, 6.45) is 1.58. The monoisotopic (exact) mass is 668 g/mol. The molecule has 0 radical (unpaired) electrons. The van der Waals surface area contributed by atoms with Crippen LogP contribution in [0.15, 0.2) is 119 Å². The standard InChI is InChI=1S/C35H29ClN4O4S2/c1-22(32(41)40-35-39-31(21-45-35)24-10-16-28(44-2)17-11-24)46-29-18-14-27(15-19-29)37-34(43)30(20-23-8-12-26(36)13-9-23)38-33(42)25-6-4-3-5-7-25/h3-22H,1-2H3,(H,37,43)(H,38,42)(H,39,40,41)/b30-20-. The number of benzene rings is 4. The molecule has 3 amide bonds. The van der Waals surface area contributed by atoms with E-state index in [-0.39, 0.29) is 11.6 Å². The van der Waals surface area contributed by atoms with Gasteiger partial charge in [0.2, 0.25) is 5.91 Å². The van der Waals surface area contributed by atoms with Gasteiger partial charge in [-0.1, -0.05) is 41.9 Å². The Morgan fingerprint density at radius 3 is 2.26 bits per heavy atom. The Balaban J connectivity index is 1.20. The Labute approximate surface area is 279 Å². The average molecular weight is 669 g/mol. The molecule has 232 valence electrons. The van der Waals surface area contributed by atoms with E-state index in [0.717, 1.165) is 21.9 Å². The van der Waals surface area contributed by atoms with E-state index in [2.05, 4.69) is 20.9 Å². The van der Waals surface area contributed by atoms with Crippen LogP contribution in [0.4, 0.5) is 10.8 Å². The van der Waals surface area contributed by atoms with Gasteiger partial charge in [0.05, 0.1) is 18.1 Å². The number of rotatable bonds is 11. The number of thiazole rings is 1. The molecule has 1 atom stereocenters. The van der Waals surface area contributed by atoms with Gasteiger partial charge in [0, 0.05) is 32.1 Å². The van der Waals surface area contributed by atoms with Crippen molar-refractivity contribution < 1.29 is 19.1 Å². The fourth-order valence-corrected chi connectivity index (χ4v) is 5.89. The summed E-state index contributed by atoms with van der Waals surface area (Å²) >= 11 is 8.75. The molecular formula is C35H29ClN4O4S2. The zero-order chi connectivity index (χ0) is 32.5. The van der Waals surface area contributed by atoms with Crippen molar-refractivity contribution in [1.29, 1.82) is 0 Å². The van der Waals surface area contributed by atoms with Crippen LogP contribution in [0.3, 0.4) is 0 Å². The summed E-state index contributed by atoms with van der Waals surface area (Å²) in [5, 5.41) is 11.0. The van der Waals surface area contributed by atoms with E-state index < -0.39 is 17.1 Å². The maximum Gasteiger partial charge on any atom is 0.272 e. The molecular weight excluding hydrogens is 640 g/mol. The van der Waals surface area contributed by atoms with Crippen LogP contribution >= 0.6 is 34.7 Å².